The molecule has 0 unspecified atom stereocenters. The van der Waals surface area contributed by atoms with Crippen LogP contribution in [0, 0.1) is 6.92 Å². The highest BCUT2D eigenvalue weighted by atomic mass is 35.5. The summed E-state index contributed by atoms with van der Waals surface area (Å²) in [4.78, 5) is 19.6. The predicted molar refractivity (Wildman–Crippen MR) is 151 cm³/mol. The number of nitrogens with zero attached hydrogens (tertiary/aromatic N) is 5. The van der Waals surface area contributed by atoms with Gasteiger partial charge in [0.15, 0.2) is 5.65 Å². The van der Waals surface area contributed by atoms with Crippen molar-refractivity contribution in [3.8, 4) is 0 Å². The third-order valence-corrected chi connectivity index (χ3v) is 7.97. The average Bonchev–Trinajstić information content (AvgIpc) is 3.19. The van der Waals surface area contributed by atoms with Crippen LogP contribution in [-0.4, -0.2) is 62.5 Å². The van der Waals surface area contributed by atoms with Gasteiger partial charge >= 0.3 is 0 Å². The molecule has 1 amide bonds. The number of piperidine rings is 1. The van der Waals surface area contributed by atoms with E-state index in [4.69, 9.17) is 16.6 Å². The molecule has 0 atom stereocenters. The van der Waals surface area contributed by atoms with E-state index in [1.807, 2.05) is 18.2 Å². The summed E-state index contributed by atoms with van der Waals surface area (Å²) < 4.78 is 2.18. The Bertz CT molecular complexity index is 1380. The van der Waals surface area contributed by atoms with E-state index in [0.717, 1.165) is 66.0 Å². The molecule has 1 aliphatic heterocycles. The summed E-state index contributed by atoms with van der Waals surface area (Å²) in [6, 6.07) is 14.3. The van der Waals surface area contributed by atoms with Crippen molar-refractivity contribution < 1.29 is 4.79 Å². The van der Waals surface area contributed by atoms with Gasteiger partial charge < -0.3 is 14.8 Å². The van der Waals surface area contributed by atoms with Gasteiger partial charge in [0.2, 0.25) is 11.1 Å². The number of amides is 1. The molecule has 1 aliphatic rings. The van der Waals surface area contributed by atoms with Gasteiger partial charge in [0, 0.05) is 42.2 Å². The van der Waals surface area contributed by atoms with E-state index < -0.39 is 0 Å². The summed E-state index contributed by atoms with van der Waals surface area (Å²) in [5, 5.41) is 14.4. The topological polar surface area (TPSA) is 75.9 Å². The van der Waals surface area contributed by atoms with E-state index in [-0.39, 0.29) is 5.91 Å². The lowest BCUT2D eigenvalue weighted by atomic mass is 10.1. The Hall–Kier alpha value is -2.68. The van der Waals surface area contributed by atoms with Crippen molar-refractivity contribution in [1.82, 2.24) is 30.0 Å². The van der Waals surface area contributed by atoms with Crippen molar-refractivity contribution in [2.24, 2.45) is 0 Å². The van der Waals surface area contributed by atoms with Gasteiger partial charge in [-0.15, -0.1) is 10.2 Å². The van der Waals surface area contributed by atoms with Gasteiger partial charge in [-0.3, -0.25) is 4.79 Å². The molecule has 0 saturated carbocycles. The number of nitrogens with one attached hydrogen (secondary N) is 1. The Morgan fingerprint density at radius 1 is 1.11 bits per heavy atom. The third kappa shape index (κ3) is 6.61. The van der Waals surface area contributed by atoms with Crippen LogP contribution in [0.3, 0.4) is 0 Å². The van der Waals surface area contributed by atoms with E-state index in [2.05, 4.69) is 56.2 Å². The predicted octanol–water partition coefficient (Wildman–Crippen LogP) is 5.46. The molecule has 1 N–H and O–H groups in total. The summed E-state index contributed by atoms with van der Waals surface area (Å²) in [5.41, 5.74) is 4.96. The first-order valence-electron chi connectivity index (χ1n) is 13.1. The molecule has 7 nitrogen and oxygen atoms in total. The number of halogens is 1. The molecular weight excluding hydrogens is 504 g/mol. The van der Waals surface area contributed by atoms with Crippen LogP contribution in [0.25, 0.3) is 22.1 Å². The maximum Gasteiger partial charge on any atom is 0.220 e. The molecular formula is C28H33ClN6OS. The van der Waals surface area contributed by atoms with Gasteiger partial charge in [0.25, 0.3) is 0 Å². The van der Waals surface area contributed by atoms with Crippen LogP contribution in [0.5, 0.6) is 0 Å². The number of aromatic nitrogens is 4. The summed E-state index contributed by atoms with van der Waals surface area (Å²) >= 11 is 7.79. The summed E-state index contributed by atoms with van der Waals surface area (Å²) in [5.74, 6) is 0.879. The Labute approximate surface area is 227 Å². The summed E-state index contributed by atoms with van der Waals surface area (Å²) in [6.07, 6.45) is 5.16. The van der Waals surface area contributed by atoms with Crippen LogP contribution in [0.2, 0.25) is 5.02 Å². The largest absolute Gasteiger partial charge is 0.355 e. The van der Waals surface area contributed by atoms with Crippen molar-refractivity contribution in [1.29, 1.82) is 0 Å². The summed E-state index contributed by atoms with van der Waals surface area (Å²) in [6.45, 7) is 6.71. The second-order valence-corrected chi connectivity index (χ2v) is 11.2. The number of hydrogen-bond donors (Lipinski definition) is 1. The fraction of sp³-hybridized carbons (Fsp3) is 0.429. The van der Waals surface area contributed by atoms with Gasteiger partial charge in [-0.25, -0.2) is 4.98 Å². The molecule has 0 spiro atoms. The Morgan fingerprint density at radius 2 is 1.97 bits per heavy atom. The summed E-state index contributed by atoms with van der Waals surface area (Å²) in [7, 11) is 0. The molecule has 0 radical (unpaired) electrons. The smallest absolute Gasteiger partial charge is 0.220 e. The molecule has 0 aliphatic carbocycles. The lowest BCUT2D eigenvalue weighted by Gasteiger charge is -2.26. The number of benzene rings is 2. The highest BCUT2D eigenvalue weighted by molar-refractivity contribution is 7.99. The number of thioether (sulfide) groups is 1. The van der Waals surface area contributed by atoms with E-state index in [9.17, 15) is 4.79 Å². The Morgan fingerprint density at radius 3 is 2.81 bits per heavy atom. The van der Waals surface area contributed by atoms with Crippen LogP contribution in [0.4, 0.5) is 0 Å². The van der Waals surface area contributed by atoms with Gasteiger partial charge in [-0.2, -0.15) is 0 Å². The SMILES string of the molecule is Cc1ccc2c(c1)c1nnc(SCCCC(=O)NCCN3CCCCC3)nc1n2Cc1cccc(Cl)c1. The van der Waals surface area contributed by atoms with Crippen LogP contribution in [-0.2, 0) is 11.3 Å². The number of hydrogen-bond acceptors (Lipinski definition) is 6. The molecule has 4 aromatic rings. The van der Waals surface area contributed by atoms with Crippen LogP contribution in [0.1, 0.15) is 43.2 Å². The zero-order chi connectivity index (χ0) is 25.6. The van der Waals surface area contributed by atoms with E-state index in [1.54, 1.807) is 11.8 Å². The zero-order valence-electron chi connectivity index (χ0n) is 21.3. The van der Waals surface area contributed by atoms with Crippen molar-refractivity contribution in [2.45, 2.75) is 50.7 Å². The fourth-order valence-corrected chi connectivity index (χ4v) is 5.85. The highest BCUT2D eigenvalue weighted by Crippen LogP contribution is 2.29. The number of aryl methyl sites for hydroxylation is 1. The first kappa shape index (κ1) is 25.9. The first-order chi connectivity index (χ1) is 18.1. The zero-order valence-corrected chi connectivity index (χ0v) is 22.8. The normalized spacial score (nSPS) is 14.4. The lowest BCUT2D eigenvalue weighted by Crippen LogP contribution is -2.37. The lowest BCUT2D eigenvalue weighted by molar-refractivity contribution is -0.121. The molecule has 2 aromatic heterocycles. The van der Waals surface area contributed by atoms with Crippen LogP contribution in [0.15, 0.2) is 47.6 Å². The molecule has 1 fully saturated rings. The van der Waals surface area contributed by atoms with Crippen molar-refractivity contribution in [3.05, 3.63) is 58.6 Å². The van der Waals surface area contributed by atoms with E-state index in [1.165, 1.54) is 24.8 Å². The molecule has 37 heavy (non-hydrogen) atoms. The van der Waals surface area contributed by atoms with Gasteiger partial charge in [0.1, 0.15) is 5.52 Å². The molecule has 9 heteroatoms. The first-order valence-corrected chi connectivity index (χ1v) is 14.4. The highest BCUT2D eigenvalue weighted by Gasteiger charge is 2.16. The monoisotopic (exact) mass is 536 g/mol. The Balaban J connectivity index is 1.22. The molecule has 1 saturated heterocycles. The number of carbonyl (C=O) groups excluding carboxylic acids is 1. The third-order valence-electron chi connectivity index (χ3n) is 6.81. The standard InChI is InChI=1S/C28H33ClN6OS/c1-20-10-11-24-23(17-20)26-27(35(24)19-21-7-5-8-22(29)18-21)31-28(33-32-26)37-16-6-9-25(36)30-12-15-34-13-3-2-4-14-34/h5,7-8,10-11,17-18H,2-4,6,9,12-16,19H2,1H3,(H,30,36). The molecule has 3 heterocycles. The minimum absolute atomic E-state index is 0.115. The van der Waals surface area contributed by atoms with E-state index >= 15 is 0 Å². The van der Waals surface area contributed by atoms with Gasteiger partial charge in [0.05, 0.1) is 5.52 Å². The second kappa shape index (κ2) is 12.2. The van der Waals surface area contributed by atoms with E-state index in [0.29, 0.717) is 23.1 Å². The van der Waals surface area contributed by atoms with Crippen molar-refractivity contribution in [2.75, 3.05) is 31.9 Å². The molecule has 194 valence electrons. The maximum absolute atomic E-state index is 12.2. The Kier molecular flexibility index (Phi) is 8.59. The number of fused-ring (bicyclic) bond motifs is 3. The van der Waals surface area contributed by atoms with Crippen molar-refractivity contribution in [3.63, 3.8) is 0 Å². The van der Waals surface area contributed by atoms with Gasteiger partial charge in [-0.05, 0) is 69.1 Å². The maximum atomic E-state index is 12.2. The van der Waals surface area contributed by atoms with Crippen LogP contribution >= 0.6 is 23.4 Å². The van der Waals surface area contributed by atoms with Crippen LogP contribution < -0.4 is 5.32 Å². The van der Waals surface area contributed by atoms with Crippen molar-refractivity contribution >= 4 is 51.3 Å². The quantitative estimate of drug-likeness (QED) is 0.214. The minimum Gasteiger partial charge on any atom is -0.355 e. The minimum atomic E-state index is 0.115. The number of likely N-dealkylation sites (tertiary alicyclic amines) is 1. The second-order valence-electron chi connectivity index (χ2n) is 9.71. The number of carbonyl (C=O) groups is 1. The molecule has 2 aromatic carbocycles. The molecule has 5 rings (SSSR count). The molecule has 0 bridgehead atoms. The van der Waals surface area contributed by atoms with Gasteiger partial charge in [-0.1, -0.05) is 53.5 Å². The average molecular weight is 537 g/mol. The fourth-order valence-electron chi connectivity index (χ4n) is 4.92. The number of rotatable bonds is 10.